The Bertz CT molecular complexity index is 1730. The molecule has 4 aliphatic rings. The summed E-state index contributed by atoms with van der Waals surface area (Å²) in [6.45, 7) is 2.73. The van der Waals surface area contributed by atoms with Crippen LogP contribution in [0.3, 0.4) is 0 Å². The highest BCUT2D eigenvalue weighted by molar-refractivity contribution is 6.03. The van der Waals surface area contributed by atoms with Crippen LogP contribution in [0, 0.1) is 0 Å². The zero-order valence-corrected chi connectivity index (χ0v) is 20.7. The van der Waals surface area contributed by atoms with Crippen molar-refractivity contribution in [2.75, 3.05) is 19.6 Å². The molecule has 0 atom stereocenters. The third kappa shape index (κ3) is 3.59. The summed E-state index contributed by atoms with van der Waals surface area (Å²) in [7, 11) is 0. The van der Waals surface area contributed by atoms with Crippen molar-refractivity contribution < 1.29 is 4.42 Å². The molecule has 0 unspecified atom stereocenters. The maximum absolute atomic E-state index is 6.10. The van der Waals surface area contributed by atoms with Gasteiger partial charge in [-0.25, -0.2) is 0 Å². The van der Waals surface area contributed by atoms with Crippen LogP contribution in [0.2, 0.25) is 0 Å². The van der Waals surface area contributed by atoms with E-state index in [-0.39, 0.29) is 0 Å². The van der Waals surface area contributed by atoms with Gasteiger partial charge in [-0.05, 0) is 94.5 Å². The van der Waals surface area contributed by atoms with E-state index in [1.165, 1.54) is 50.1 Å². The fourth-order valence-electron chi connectivity index (χ4n) is 6.12. The minimum absolute atomic E-state index is 0.869. The van der Waals surface area contributed by atoms with Crippen LogP contribution in [0.15, 0.2) is 75.1 Å². The second-order valence-corrected chi connectivity index (χ2v) is 10.5. The number of hydrogen-bond donors (Lipinski definition) is 1. The van der Waals surface area contributed by atoms with Crippen LogP contribution in [0.4, 0.5) is 0 Å². The first-order valence-corrected chi connectivity index (χ1v) is 13.3. The number of nitrogens with one attached hydrogen (secondary N) is 1. The van der Waals surface area contributed by atoms with Crippen molar-refractivity contribution in [1.82, 2.24) is 5.32 Å². The molecule has 0 saturated heterocycles. The molecule has 1 aromatic heterocycles. The first-order chi connectivity index (χ1) is 18.3. The number of amidine groups is 1. The van der Waals surface area contributed by atoms with Crippen molar-refractivity contribution in [3.8, 4) is 0 Å². The molecule has 2 aliphatic heterocycles. The molecule has 4 nitrogen and oxygen atoms in total. The van der Waals surface area contributed by atoms with E-state index < -0.39 is 0 Å². The minimum Gasteiger partial charge on any atom is -0.455 e. The van der Waals surface area contributed by atoms with Crippen molar-refractivity contribution in [2.24, 2.45) is 9.98 Å². The molecule has 4 heteroatoms. The zero-order valence-electron chi connectivity index (χ0n) is 20.7. The number of fused-ring (bicyclic) bond motifs is 3. The van der Waals surface area contributed by atoms with Crippen LogP contribution < -0.4 is 5.32 Å². The van der Waals surface area contributed by atoms with E-state index in [9.17, 15) is 0 Å². The van der Waals surface area contributed by atoms with E-state index >= 15 is 0 Å². The number of rotatable bonds is 4. The first kappa shape index (κ1) is 21.0. The Morgan fingerprint density at radius 2 is 1.43 bits per heavy atom. The quantitative estimate of drug-likeness (QED) is 0.359. The van der Waals surface area contributed by atoms with Gasteiger partial charge >= 0.3 is 0 Å². The van der Waals surface area contributed by atoms with Gasteiger partial charge < -0.3 is 9.73 Å². The predicted molar refractivity (Wildman–Crippen MR) is 152 cm³/mol. The molecule has 0 radical (unpaired) electrons. The summed E-state index contributed by atoms with van der Waals surface area (Å²) in [5, 5.41) is 4.55. The molecule has 0 saturated carbocycles. The second-order valence-electron chi connectivity index (χ2n) is 10.5. The lowest BCUT2D eigenvalue weighted by Gasteiger charge is -2.07. The van der Waals surface area contributed by atoms with Crippen LogP contribution in [0.5, 0.6) is 0 Å². The number of nitrogens with zero attached hydrogens (tertiary/aromatic N) is 2. The van der Waals surface area contributed by atoms with Crippen LogP contribution in [-0.2, 0) is 12.8 Å². The Balaban J connectivity index is 1.03. The van der Waals surface area contributed by atoms with Crippen LogP contribution in [0.25, 0.3) is 34.3 Å². The molecule has 0 bridgehead atoms. The number of hydrogen-bond acceptors (Lipinski definition) is 4. The molecule has 0 spiro atoms. The number of benzene rings is 3. The van der Waals surface area contributed by atoms with Crippen LogP contribution in [-0.4, -0.2) is 31.2 Å². The maximum Gasteiger partial charge on any atom is 0.149 e. The largest absolute Gasteiger partial charge is 0.455 e. The van der Waals surface area contributed by atoms with Crippen molar-refractivity contribution in [3.63, 3.8) is 0 Å². The third-order valence-electron chi connectivity index (χ3n) is 8.07. The number of allylic oxidation sites excluding steroid dienone is 2. The van der Waals surface area contributed by atoms with E-state index in [1.54, 1.807) is 0 Å². The highest BCUT2D eigenvalue weighted by Gasteiger charge is 2.21. The molecule has 2 aliphatic carbocycles. The SMILES string of the molecule is C1=C(c2ccc3oc(C4=NCCC4)cc3c2)Cc2cc(C3=Cc4ccc(C5=NCCN5)cc4C3)ccc21. The van der Waals surface area contributed by atoms with Gasteiger partial charge in [0, 0.05) is 24.0 Å². The normalized spacial score (nSPS) is 17.8. The number of furan rings is 1. The Morgan fingerprint density at radius 1 is 0.703 bits per heavy atom. The molecule has 4 aromatic rings. The Labute approximate surface area is 216 Å². The summed E-state index contributed by atoms with van der Waals surface area (Å²) in [5.41, 5.74) is 14.1. The Hall–Kier alpha value is -4.18. The second kappa shape index (κ2) is 8.17. The van der Waals surface area contributed by atoms with Crippen molar-refractivity contribution >= 4 is 45.8 Å². The molecule has 1 N–H and O–H groups in total. The van der Waals surface area contributed by atoms with Crippen molar-refractivity contribution in [1.29, 1.82) is 0 Å². The monoisotopic (exact) mass is 481 g/mol. The van der Waals surface area contributed by atoms with Gasteiger partial charge in [0.1, 0.15) is 17.2 Å². The van der Waals surface area contributed by atoms with Gasteiger partial charge in [-0.1, -0.05) is 48.6 Å². The van der Waals surface area contributed by atoms with Gasteiger partial charge in [-0.15, -0.1) is 0 Å². The molecule has 0 amide bonds. The van der Waals surface area contributed by atoms with E-state index in [1.807, 2.05) is 0 Å². The van der Waals surface area contributed by atoms with E-state index in [0.29, 0.717) is 0 Å². The third-order valence-corrected chi connectivity index (χ3v) is 8.07. The molecule has 8 rings (SSSR count). The summed E-state index contributed by atoms with van der Waals surface area (Å²) in [4.78, 5) is 9.19. The summed E-state index contributed by atoms with van der Waals surface area (Å²) in [6, 6.07) is 22.4. The summed E-state index contributed by atoms with van der Waals surface area (Å²) < 4.78 is 6.10. The standard InChI is InChI=1S/C33H27N3O/c1-2-30(34-9-1)32-19-29-15-23(7-8-31(29)37-32)27-13-21-4-3-20(12-25(21)17-27)26-14-22-5-6-24(16-28(22)18-26)33-35-10-11-36-33/h3-8,12-16,19H,1-2,9-11,17-18H2,(H,35,36). The van der Waals surface area contributed by atoms with Crippen LogP contribution in [0.1, 0.15) is 57.5 Å². The topological polar surface area (TPSA) is 49.9 Å². The Kier molecular flexibility index (Phi) is 4.63. The molecule has 0 fully saturated rings. The number of aliphatic imine (C=N–C) groups is 2. The van der Waals surface area contributed by atoms with Crippen LogP contribution >= 0.6 is 0 Å². The van der Waals surface area contributed by atoms with Gasteiger partial charge in [0.05, 0.1) is 12.3 Å². The first-order valence-electron chi connectivity index (χ1n) is 13.3. The maximum atomic E-state index is 6.10. The molecule has 37 heavy (non-hydrogen) atoms. The fraction of sp³-hybridized carbons (Fsp3) is 0.212. The van der Waals surface area contributed by atoms with Gasteiger partial charge in [0.2, 0.25) is 0 Å². The van der Waals surface area contributed by atoms with Gasteiger partial charge in [0.25, 0.3) is 0 Å². The fourth-order valence-corrected chi connectivity index (χ4v) is 6.12. The molecular formula is C33H27N3O. The van der Waals surface area contributed by atoms with Gasteiger partial charge in [0.15, 0.2) is 0 Å². The van der Waals surface area contributed by atoms with Crippen molar-refractivity contribution in [3.05, 3.63) is 105 Å². The zero-order chi connectivity index (χ0) is 24.3. The van der Waals surface area contributed by atoms with Crippen molar-refractivity contribution in [2.45, 2.75) is 25.7 Å². The highest BCUT2D eigenvalue weighted by Crippen LogP contribution is 2.38. The van der Waals surface area contributed by atoms with Gasteiger partial charge in [-0.2, -0.15) is 0 Å². The smallest absolute Gasteiger partial charge is 0.149 e. The summed E-state index contributed by atoms with van der Waals surface area (Å²) >= 11 is 0. The van der Waals surface area contributed by atoms with E-state index in [4.69, 9.17) is 4.42 Å². The average molecular weight is 482 g/mol. The predicted octanol–water partition coefficient (Wildman–Crippen LogP) is 6.56. The average Bonchev–Trinajstić information content (AvgIpc) is 3.75. The van der Waals surface area contributed by atoms with E-state index in [0.717, 1.165) is 73.6 Å². The lowest BCUT2D eigenvalue weighted by Crippen LogP contribution is -2.19. The summed E-state index contributed by atoms with van der Waals surface area (Å²) in [6.07, 6.45) is 8.78. The molecule has 3 heterocycles. The lowest BCUT2D eigenvalue weighted by molar-refractivity contribution is 0.603. The van der Waals surface area contributed by atoms with E-state index in [2.05, 4.69) is 88.1 Å². The van der Waals surface area contributed by atoms with Gasteiger partial charge in [-0.3, -0.25) is 9.98 Å². The Morgan fingerprint density at radius 3 is 2.16 bits per heavy atom. The molecule has 3 aromatic carbocycles. The lowest BCUT2D eigenvalue weighted by atomic mass is 9.97. The highest BCUT2D eigenvalue weighted by atomic mass is 16.3. The molecule has 180 valence electrons. The summed E-state index contributed by atoms with van der Waals surface area (Å²) in [5.74, 6) is 1.97. The molecular weight excluding hydrogens is 454 g/mol. The minimum atomic E-state index is 0.869.